The van der Waals surface area contributed by atoms with E-state index < -0.39 is 24.0 Å². The minimum Gasteiger partial charge on any atom is -0.479 e. The van der Waals surface area contributed by atoms with Crippen molar-refractivity contribution in [1.29, 1.82) is 0 Å². The summed E-state index contributed by atoms with van der Waals surface area (Å²) >= 11 is 0. The molecule has 0 bridgehead atoms. The van der Waals surface area contributed by atoms with Crippen molar-refractivity contribution in [1.82, 2.24) is 10.7 Å². The van der Waals surface area contributed by atoms with Crippen LogP contribution in [-0.4, -0.2) is 42.8 Å². The summed E-state index contributed by atoms with van der Waals surface area (Å²) in [4.78, 5) is 36.7. The first-order valence-electron chi connectivity index (χ1n) is 10.8. The van der Waals surface area contributed by atoms with E-state index in [2.05, 4.69) is 15.8 Å². The molecule has 2 unspecified atom stereocenters. The van der Waals surface area contributed by atoms with Crippen LogP contribution in [0, 0.1) is 12.8 Å². The molecule has 176 valence electrons. The number of carbonyl (C=O) groups excluding carboxylic acids is 3. The molecule has 8 heteroatoms. The van der Waals surface area contributed by atoms with Crippen molar-refractivity contribution >= 4 is 24.0 Å². The van der Waals surface area contributed by atoms with Crippen LogP contribution < -0.4 is 15.5 Å². The van der Waals surface area contributed by atoms with Gasteiger partial charge in [0.2, 0.25) is 0 Å². The van der Waals surface area contributed by atoms with E-state index in [1.807, 2.05) is 32.9 Å². The van der Waals surface area contributed by atoms with Gasteiger partial charge in [0.25, 0.3) is 11.8 Å². The van der Waals surface area contributed by atoms with Crippen LogP contribution in [0.5, 0.6) is 5.75 Å². The van der Waals surface area contributed by atoms with Crippen LogP contribution in [0.4, 0.5) is 0 Å². The highest BCUT2D eigenvalue weighted by Gasteiger charge is 2.24. The van der Waals surface area contributed by atoms with Gasteiger partial charge >= 0.3 is 5.97 Å². The van der Waals surface area contributed by atoms with E-state index in [-0.39, 0.29) is 11.8 Å². The van der Waals surface area contributed by atoms with Crippen molar-refractivity contribution in [3.8, 4) is 5.75 Å². The fourth-order valence-corrected chi connectivity index (χ4v) is 2.85. The highest BCUT2D eigenvalue weighted by atomic mass is 16.6. The molecule has 0 saturated heterocycles. The highest BCUT2D eigenvalue weighted by molar-refractivity contribution is 5.97. The fraction of sp³-hybridized carbons (Fsp3) is 0.360. The first-order chi connectivity index (χ1) is 15.7. The predicted octanol–water partition coefficient (Wildman–Crippen LogP) is 3.23. The molecule has 0 saturated carbocycles. The van der Waals surface area contributed by atoms with Crippen molar-refractivity contribution in [2.24, 2.45) is 11.0 Å². The van der Waals surface area contributed by atoms with Crippen LogP contribution in [0.25, 0.3) is 0 Å². The second kappa shape index (κ2) is 12.4. The summed E-state index contributed by atoms with van der Waals surface area (Å²) < 4.78 is 10.4. The van der Waals surface area contributed by atoms with Crippen LogP contribution in [0.15, 0.2) is 53.6 Å². The van der Waals surface area contributed by atoms with Crippen LogP contribution in [0.3, 0.4) is 0 Å². The minimum absolute atomic E-state index is 0.132. The molecule has 0 aliphatic rings. The van der Waals surface area contributed by atoms with Crippen molar-refractivity contribution in [2.45, 2.75) is 46.8 Å². The summed E-state index contributed by atoms with van der Waals surface area (Å²) in [6.45, 7) is 9.28. The molecule has 0 aliphatic carbocycles. The van der Waals surface area contributed by atoms with Crippen LogP contribution >= 0.6 is 0 Å². The Balaban J connectivity index is 1.92. The van der Waals surface area contributed by atoms with E-state index in [1.165, 1.54) is 6.21 Å². The number of carbonyl (C=O) groups is 3. The summed E-state index contributed by atoms with van der Waals surface area (Å²) in [6, 6.07) is 13.3. The van der Waals surface area contributed by atoms with Crippen LogP contribution in [0.1, 0.15) is 49.2 Å². The third-order valence-electron chi connectivity index (χ3n) is 4.75. The van der Waals surface area contributed by atoms with Gasteiger partial charge in [-0.2, -0.15) is 5.10 Å². The first kappa shape index (κ1) is 25.6. The third kappa shape index (κ3) is 8.07. The number of amides is 2. The van der Waals surface area contributed by atoms with Crippen molar-refractivity contribution in [3.63, 3.8) is 0 Å². The van der Waals surface area contributed by atoms with Gasteiger partial charge in [-0.3, -0.25) is 9.59 Å². The lowest BCUT2D eigenvalue weighted by molar-refractivity contribution is -0.150. The summed E-state index contributed by atoms with van der Waals surface area (Å²) in [5.74, 6) is -0.784. The number of aryl methyl sites for hydroxylation is 1. The van der Waals surface area contributed by atoms with E-state index in [0.717, 1.165) is 11.1 Å². The molecule has 2 rings (SSSR count). The lowest BCUT2D eigenvalue weighted by atomic mass is 10.0. The summed E-state index contributed by atoms with van der Waals surface area (Å²) in [7, 11) is 0. The van der Waals surface area contributed by atoms with Gasteiger partial charge in [0, 0.05) is 5.56 Å². The number of ether oxygens (including phenoxy) is 2. The second-order valence-corrected chi connectivity index (χ2v) is 7.88. The fourth-order valence-electron chi connectivity index (χ4n) is 2.85. The standard InChI is InChI=1S/C25H31N3O5/c1-6-32-25(31)18(5)33-21-13-9-19(10-14-21)15-26-28-24(30)22(16(2)3)27-23(29)20-11-7-17(4)8-12-20/h7-16,18,22H,6H2,1-5H3,(H,27,29)(H,28,30). The molecule has 8 nitrogen and oxygen atoms in total. The van der Waals surface area contributed by atoms with Crippen molar-refractivity contribution in [2.75, 3.05) is 6.61 Å². The van der Waals surface area contributed by atoms with Gasteiger partial charge in [0.15, 0.2) is 6.10 Å². The molecule has 0 aliphatic heterocycles. The molecule has 2 N–H and O–H groups in total. The molecule has 0 heterocycles. The molecule has 2 atom stereocenters. The Bertz CT molecular complexity index is 969. The predicted molar refractivity (Wildman–Crippen MR) is 126 cm³/mol. The number of hydrogen-bond acceptors (Lipinski definition) is 6. The average Bonchev–Trinajstić information content (AvgIpc) is 2.78. The largest absolute Gasteiger partial charge is 0.479 e. The summed E-state index contributed by atoms with van der Waals surface area (Å²) in [5, 5.41) is 6.75. The van der Waals surface area contributed by atoms with Crippen LogP contribution in [-0.2, 0) is 14.3 Å². The lowest BCUT2D eigenvalue weighted by Gasteiger charge is -2.20. The van der Waals surface area contributed by atoms with E-state index in [1.54, 1.807) is 50.2 Å². The Labute approximate surface area is 194 Å². The van der Waals surface area contributed by atoms with Gasteiger partial charge in [-0.15, -0.1) is 0 Å². The molecule has 2 amide bonds. The minimum atomic E-state index is -0.740. The van der Waals surface area contributed by atoms with Gasteiger partial charge in [0.05, 0.1) is 12.8 Å². The highest BCUT2D eigenvalue weighted by Crippen LogP contribution is 2.14. The molecular formula is C25H31N3O5. The maximum atomic E-state index is 12.6. The van der Waals surface area contributed by atoms with E-state index >= 15 is 0 Å². The maximum Gasteiger partial charge on any atom is 0.347 e. The molecule has 0 aromatic heterocycles. The van der Waals surface area contributed by atoms with Gasteiger partial charge in [-0.05, 0) is 68.7 Å². The number of rotatable bonds is 10. The number of benzene rings is 2. The normalized spacial score (nSPS) is 12.8. The Morgan fingerprint density at radius 2 is 1.64 bits per heavy atom. The number of nitrogens with zero attached hydrogens (tertiary/aromatic N) is 1. The first-order valence-corrected chi connectivity index (χ1v) is 10.8. The number of hydrazone groups is 1. The summed E-state index contributed by atoms with van der Waals surface area (Å²) in [6.07, 6.45) is 0.766. The smallest absolute Gasteiger partial charge is 0.347 e. The molecule has 2 aromatic rings. The molecule has 2 aromatic carbocycles. The van der Waals surface area contributed by atoms with E-state index in [0.29, 0.717) is 17.9 Å². The Kier molecular flexibility index (Phi) is 9.60. The van der Waals surface area contributed by atoms with E-state index in [9.17, 15) is 14.4 Å². The molecule has 0 radical (unpaired) electrons. The number of esters is 1. The monoisotopic (exact) mass is 453 g/mol. The molecular weight excluding hydrogens is 422 g/mol. The lowest BCUT2D eigenvalue weighted by Crippen LogP contribution is -2.48. The topological polar surface area (TPSA) is 106 Å². The van der Waals surface area contributed by atoms with Gasteiger partial charge in [0.1, 0.15) is 11.8 Å². The zero-order valence-corrected chi connectivity index (χ0v) is 19.6. The average molecular weight is 454 g/mol. The summed E-state index contributed by atoms with van der Waals surface area (Å²) in [5.41, 5.74) is 4.73. The maximum absolute atomic E-state index is 12.6. The Morgan fingerprint density at radius 1 is 1.00 bits per heavy atom. The number of hydrogen-bond donors (Lipinski definition) is 2. The Morgan fingerprint density at radius 3 is 2.21 bits per heavy atom. The van der Waals surface area contributed by atoms with Crippen molar-refractivity contribution < 1.29 is 23.9 Å². The zero-order chi connectivity index (χ0) is 24.4. The van der Waals surface area contributed by atoms with Gasteiger partial charge < -0.3 is 14.8 Å². The SMILES string of the molecule is CCOC(=O)C(C)Oc1ccc(C=NNC(=O)C(NC(=O)c2ccc(C)cc2)C(C)C)cc1. The zero-order valence-electron chi connectivity index (χ0n) is 19.6. The quantitative estimate of drug-likeness (QED) is 0.326. The van der Waals surface area contributed by atoms with E-state index in [4.69, 9.17) is 9.47 Å². The van der Waals surface area contributed by atoms with Gasteiger partial charge in [-0.25, -0.2) is 10.2 Å². The molecule has 0 spiro atoms. The second-order valence-electron chi connectivity index (χ2n) is 7.88. The Hall–Kier alpha value is -3.68. The van der Waals surface area contributed by atoms with Crippen LogP contribution in [0.2, 0.25) is 0 Å². The molecule has 0 fully saturated rings. The number of nitrogens with one attached hydrogen (secondary N) is 2. The third-order valence-corrected chi connectivity index (χ3v) is 4.75. The molecule has 33 heavy (non-hydrogen) atoms. The van der Waals surface area contributed by atoms with Gasteiger partial charge in [-0.1, -0.05) is 31.5 Å². The van der Waals surface area contributed by atoms with Crippen molar-refractivity contribution in [3.05, 3.63) is 65.2 Å².